The highest BCUT2D eigenvalue weighted by Gasteiger charge is 2.53. The molecule has 0 radical (unpaired) electrons. The van der Waals surface area contributed by atoms with Crippen molar-refractivity contribution in [3.8, 4) is 0 Å². The Morgan fingerprint density at radius 3 is 2.71 bits per heavy atom. The molecule has 0 unspecified atom stereocenters. The SMILES string of the molecule is Cc1ccccc1[C@H]1C[C@]1(CN)CO. The second-order valence-corrected chi connectivity index (χ2v) is 4.34. The molecule has 1 aliphatic rings. The Kier molecular flexibility index (Phi) is 2.33. The van der Waals surface area contributed by atoms with E-state index >= 15 is 0 Å². The van der Waals surface area contributed by atoms with Gasteiger partial charge in [0.25, 0.3) is 0 Å². The molecule has 0 bridgehead atoms. The minimum Gasteiger partial charge on any atom is -0.396 e. The van der Waals surface area contributed by atoms with Gasteiger partial charge in [-0.1, -0.05) is 24.3 Å². The summed E-state index contributed by atoms with van der Waals surface area (Å²) in [6.07, 6.45) is 1.03. The fourth-order valence-corrected chi connectivity index (χ4v) is 2.23. The van der Waals surface area contributed by atoms with Crippen LogP contribution in [0, 0.1) is 12.3 Å². The molecule has 1 saturated carbocycles. The molecule has 0 aliphatic heterocycles. The summed E-state index contributed by atoms with van der Waals surface area (Å²) in [5.74, 6) is 0.471. The number of benzene rings is 1. The third kappa shape index (κ3) is 1.35. The van der Waals surface area contributed by atoms with Crippen molar-refractivity contribution >= 4 is 0 Å². The van der Waals surface area contributed by atoms with Crippen LogP contribution < -0.4 is 5.73 Å². The topological polar surface area (TPSA) is 46.2 Å². The van der Waals surface area contributed by atoms with Crippen molar-refractivity contribution in [3.63, 3.8) is 0 Å². The number of hydrogen-bond acceptors (Lipinski definition) is 2. The Hall–Kier alpha value is -0.860. The van der Waals surface area contributed by atoms with Gasteiger partial charge in [0.1, 0.15) is 0 Å². The van der Waals surface area contributed by atoms with Crippen molar-refractivity contribution in [2.24, 2.45) is 11.1 Å². The van der Waals surface area contributed by atoms with Gasteiger partial charge in [-0.05, 0) is 30.4 Å². The third-order valence-electron chi connectivity index (χ3n) is 3.48. The van der Waals surface area contributed by atoms with E-state index in [1.165, 1.54) is 11.1 Å². The zero-order valence-electron chi connectivity index (χ0n) is 8.53. The standard InChI is InChI=1S/C12H17NO/c1-9-4-2-3-5-10(9)11-6-12(11,7-13)8-14/h2-5,11,14H,6-8,13H2,1H3/t11-,12+/m1/s1. The molecule has 1 aromatic carbocycles. The van der Waals surface area contributed by atoms with Crippen molar-refractivity contribution in [1.29, 1.82) is 0 Å². The quantitative estimate of drug-likeness (QED) is 0.759. The van der Waals surface area contributed by atoms with Gasteiger partial charge in [0, 0.05) is 12.0 Å². The summed E-state index contributed by atoms with van der Waals surface area (Å²) in [6.45, 7) is 2.91. The van der Waals surface area contributed by atoms with Crippen LogP contribution in [0.3, 0.4) is 0 Å². The minimum absolute atomic E-state index is 0.0217. The van der Waals surface area contributed by atoms with Crippen LogP contribution in [-0.2, 0) is 0 Å². The Balaban J connectivity index is 2.24. The average Bonchev–Trinajstić information content (AvgIpc) is 2.94. The Bertz CT molecular complexity index is 331. The third-order valence-corrected chi connectivity index (χ3v) is 3.48. The molecule has 1 aromatic rings. The molecule has 14 heavy (non-hydrogen) atoms. The van der Waals surface area contributed by atoms with E-state index in [9.17, 15) is 5.11 Å². The van der Waals surface area contributed by atoms with Crippen LogP contribution in [0.4, 0.5) is 0 Å². The van der Waals surface area contributed by atoms with E-state index in [1.54, 1.807) is 0 Å². The number of nitrogens with two attached hydrogens (primary N) is 1. The zero-order valence-corrected chi connectivity index (χ0v) is 8.53. The van der Waals surface area contributed by atoms with E-state index in [4.69, 9.17) is 5.73 Å². The first-order valence-corrected chi connectivity index (χ1v) is 5.10. The maximum Gasteiger partial charge on any atom is 0.0505 e. The van der Waals surface area contributed by atoms with E-state index in [1.807, 2.05) is 6.07 Å². The number of aliphatic hydroxyl groups is 1. The molecular formula is C12H17NO. The first-order chi connectivity index (χ1) is 6.73. The summed E-state index contributed by atoms with van der Waals surface area (Å²) >= 11 is 0. The molecule has 3 N–H and O–H groups in total. The van der Waals surface area contributed by atoms with Crippen molar-refractivity contribution in [2.75, 3.05) is 13.2 Å². The maximum absolute atomic E-state index is 9.30. The lowest BCUT2D eigenvalue weighted by Gasteiger charge is -2.12. The van der Waals surface area contributed by atoms with Crippen molar-refractivity contribution < 1.29 is 5.11 Å². The molecule has 2 heteroatoms. The van der Waals surface area contributed by atoms with Gasteiger partial charge in [-0.3, -0.25) is 0 Å². The first kappa shape index (κ1) is 9.69. The fraction of sp³-hybridized carbons (Fsp3) is 0.500. The predicted molar refractivity (Wildman–Crippen MR) is 57.1 cm³/mol. The van der Waals surface area contributed by atoms with Crippen LogP contribution in [-0.4, -0.2) is 18.3 Å². The summed E-state index contributed by atoms with van der Waals surface area (Å²) in [5.41, 5.74) is 8.34. The van der Waals surface area contributed by atoms with Crippen molar-refractivity contribution in [2.45, 2.75) is 19.3 Å². The monoisotopic (exact) mass is 191 g/mol. The Morgan fingerprint density at radius 2 is 2.21 bits per heavy atom. The molecule has 76 valence electrons. The lowest BCUT2D eigenvalue weighted by Crippen LogP contribution is -2.21. The van der Waals surface area contributed by atoms with Gasteiger partial charge in [0.15, 0.2) is 0 Å². The Labute approximate surface area is 84.7 Å². The summed E-state index contributed by atoms with van der Waals surface area (Å²) < 4.78 is 0. The van der Waals surface area contributed by atoms with Crippen LogP contribution in [0.2, 0.25) is 0 Å². The smallest absolute Gasteiger partial charge is 0.0505 e. The maximum atomic E-state index is 9.30. The number of hydrogen-bond donors (Lipinski definition) is 2. The molecule has 2 nitrogen and oxygen atoms in total. The molecule has 0 spiro atoms. The average molecular weight is 191 g/mol. The number of rotatable bonds is 3. The molecule has 0 saturated heterocycles. The molecule has 0 aromatic heterocycles. The first-order valence-electron chi connectivity index (χ1n) is 5.10. The van der Waals surface area contributed by atoms with E-state index in [2.05, 4.69) is 25.1 Å². The van der Waals surface area contributed by atoms with Crippen molar-refractivity contribution in [3.05, 3.63) is 35.4 Å². The second-order valence-electron chi connectivity index (χ2n) is 4.34. The minimum atomic E-state index is -0.0217. The highest BCUT2D eigenvalue weighted by molar-refractivity contribution is 5.36. The molecule has 1 fully saturated rings. The van der Waals surface area contributed by atoms with Crippen LogP contribution in [0.1, 0.15) is 23.5 Å². The largest absolute Gasteiger partial charge is 0.396 e. The predicted octanol–water partition coefficient (Wildman–Crippen LogP) is 1.42. The molecular weight excluding hydrogens is 174 g/mol. The molecule has 0 heterocycles. The van der Waals surface area contributed by atoms with Crippen LogP contribution >= 0.6 is 0 Å². The lowest BCUT2D eigenvalue weighted by molar-refractivity contribution is 0.211. The van der Waals surface area contributed by atoms with Gasteiger partial charge in [-0.15, -0.1) is 0 Å². The summed E-state index contributed by atoms with van der Waals surface area (Å²) in [5, 5.41) is 9.30. The fourth-order valence-electron chi connectivity index (χ4n) is 2.23. The van der Waals surface area contributed by atoms with Crippen LogP contribution in [0.25, 0.3) is 0 Å². The summed E-state index contributed by atoms with van der Waals surface area (Å²) in [4.78, 5) is 0. The number of aliphatic hydroxyl groups excluding tert-OH is 1. The van der Waals surface area contributed by atoms with E-state index in [0.29, 0.717) is 12.5 Å². The van der Waals surface area contributed by atoms with E-state index in [0.717, 1.165) is 6.42 Å². The van der Waals surface area contributed by atoms with Gasteiger partial charge in [-0.2, -0.15) is 0 Å². The van der Waals surface area contributed by atoms with E-state index < -0.39 is 0 Å². The van der Waals surface area contributed by atoms with Gasteiger partial charge < -0.3 is 10.8 Å². The summed E-state index contributed by atoms with van der Waals surface area (Å²) in [7, 11) is 0. The number of aryl methyl sites for hydroxylation is 1. The highest BCUT2D eigenvalue weighted by atomic mass is 16.3. The van der Waals surface area contributed by atoms with Crippen LogP contribution in [0.5, 0.6) is 0 Å². The Morgan fingerprint density at radius 1 is 1.50 bits per heavy atom. The summed E-state index contributed by atoms with van der Waals surface area (Å²) in [6, 6.07) is 8.36. The van der Waals surface area contributed by atoms with Gasteiger partial charge in [0.2, 0.25) is 0 Å². The second kappa shape index (κ2) is 3.37. The molecule has 1 aliphatic carbocycles. The van der Waals surface area contributed by atoms with E-state index in [-0.39, 0.29) is 12.0 Å². The molecule has 2 rings (SSSR count). The van der Waals surface area contributed by atoms with Gasteiger partial charge >= 0.3 is 0 Å². The normalized spacial score (nSPS) is 30.4. The highest BCUT2D eigenvalue weighted by Crippen LogP contribution is 2.58. The molecule has 2 atom stereocenters. The van der Waals surface area contributed by atoms with Gasteiger partial charge in [-0.25, -0.2) is 0 Å². The van der Waals surface area contributed by atoms with Gasteiger partial charge in [0.05, 0.1) is 6.61 Å². The lowest BCUT2D eigenvalue weighted by atomic mass is 9.97. The van der Waals surface area contributed by atoms with Crippen LogP contribution in [0.15, 0.2) is 24.3 Å². The van der Waals surface area contributed by atoms with Crippen molar-refractivity contribution in [1.82, 2.24) is 0 Å². The molecule has 0 amide bonds. The zero-order chi connectivity index (χ0) is 10.2.